The van der Waals surface area contributed by atoms with E-state index in [4.69, 9.17) is 5.73 Å². The number of amides is 2. The molecule has 1 rings (SSSR count). The third-order valence-electron chi connectivity index (χ3n) is 2.11. The molecule has 14 heavy (non-hydrogen) atoms. The van der Waals surface area contributed by atoms with Crippen molar-refractivity contribution in [3.63, 3.8) is 0 Å². The summed E-state index contributed by atoms with van der Waals surface area (Å²) in [7, 11) is -3.20. The molecule has 1 atom stereocenters. The van der Waals surface area contributed by atoms with Crippen molar-refractivity contribution in [3.8, 4) is 0 Å². The van der Waals surface area contributed by atoms with Gasteiger partial charge in [0.1, 0.15) is 0 Å². The van der Waals surface area contributed by atoms with Gasteiger partial charge in [0.05, 0.1) is 6.26 Å². The monoisotopic (exact) mass is 221 g/mol. The Hall–Kier alpha value is -0.820. The number of sulfonamides is 1. The first-order valence-corrected chi connectivity index (χ1v) is 6.29. The number of nitrogens with one attached hydrogen (secondary N) is 1. The highest BCUT2D eigenvalue weighted by atomic mass is 32.2. The zero-order valence-corrected chi connectivity index (χ0v) is 8.88. The highest BCUT2D eigenvalue weighted by Crippen LogP contribution is 2.09. The van der Waals surface area contributed by atoms with E-state index < -0.39 is 16.1 Å². The molecular formula is C7H15N3O3S. The molecule has 0 aliphatic carbocycles. The van der Waals surface area contributed by atoms with E-state index >= 15 is 0 Å². The smallest absolute Gasteiger partial charge is 0.314 e. The molecule has 0 spiro atoms. The number of primary amides is 1. The molecule has 1 fully saturated rings. The van der Waals surface area contributed by atoms with Gasteiger partial charge in [-0.2, -0.15) is 0 Å². The Morgan fingerprint density at radius 3 is 2.71 bits per heavy atom. The Balaban J connectivity index is 2.52. The quantitative estimate of drug-likeness (QED) is 0.631. The van der Waals surface area contributed by atoms with E-state index in [1.807, 2.05) is 0 Å². The van der Waals surface area contributed by atoms with Crippen molar-refractivity contribution in [1.82, 2.24) is 9.62 Å². The maximum atomic E-state index is 10.9. The van der Waals surface area contributed by atoms with Crippen LogP contribution in [0.2, 0.25) is 0 Å². The third-order valence-corrected chi connectivity index (χ3v) is 2.88. The SMILES string of the molecule is CS(=O)(=O)NC1CCCN(C(N)=O)C1. The summed E-state index contributed by atoms with van der Waals surface area (Å²) in [6.45, 7) is 0.972. The fourth-order valence-corrected chi connectivity index (χ4v) is 2.37. The van der Waals surface area contributed by atoms with Crippen molar-refractivity contribution in [2.45, 2.75) is 18.9 Å². The van der Waals surface area contributed by atoms with Gasteiger partial charge in [0.15, 0.2) is 0 Å². The number of carbonyl (C=O) groups is 1. The summed E-state index contributed by atoms with van der Waals surface area (Å²) >= 11 is 0. The van der Waals surface area contributed by atoms with Crippen LogP contribution in [-0.4, -0.2) is 44.7 Å². The van der Waals surface area contributed by atoms with Gasteiger partial charge in [-0.25, -0.2) is 17.9 Å². The lowest BCUT2D eigenvalue weighted by atomic mass is 10.1. The predicted molar refractivity (Wildman–Crippen MR) is 52.2 cm³/mol. The summed E-state index contributed by atoms with van der Waals surface area (Å²) in [4.78, 5) is 12.3. The number of urea groups is 1. The molecule has 1 aliphatic rings. The van der Waals surface area contributed by atoms with Crippen LogP contribution in [0.25, 0.3) is 0 Å². The van der Waals surface area contributed by atoms with Crippen LogP contribution >= 0.6 is 0 Å². The summed E-state index contributed by atoms with van der Waals surface area (Å²) in [5.74, 6) is 0. The van der Waals surface area contributed by atoms with E-state index in [0.29, 0.717) is 13.1 Å². The molecule has 82 valence electrons. The van der Waals surface area contributed by atoms with E-state index in [1.165, 1.54) is 4.90 Å². The van der Waals surface area contributed by atoms with Gasteiger partial charge in [0, 0.05) is 19.1 Å². The van der Waals surface area contributed by atoms with Crippen LogP contribution in [0.1, 0.15) is 12.8 Å². The van der Waals surface area contributed by atoms with Gasteiger partial charge >= 0.3 is 6.03 Å². The molecule has 1 saturated heterocycles. The second-order valence-corrected chi connectivity index (χ2v) is 5.29. The zero-order chi connectivity index (χ0) is 10.8. The van der Waals surface area contributed by atoms with Crippen molar-refractivity contribution in [2.24, 2.45) is 5.73 Å². The zero-order valence-electron chi connectivity index (χ0n) is 8.06. The van der Waals surface area contributed by atoms with Crippen LogP contribution in [0.5, 0.6) is 0 Å². The number of hydrogen-bond donors (Lipinski definition) is 2. The lowest BCUT2D eigenvalue weighted by Crippen LogP contribution is -2.50. The van der Waals surface area contributed by atoms with E-state index in [0.717, 1.165) is 19.1 Å². The Labute approximate surface area is 83.5 Å². The van der Waals surface area contributed by atoms with E-state index in [2.05, 4.69) is 4.72 Å². The average molecular weight is 221 g/mol. The molecule has 1 aliphatic heterocycles. The highest BCUT2D eigenvalue weighted by molar-refractivity contribution is 7.88. The summed E-state index contributed by atoms with van der Waals surface area (Å²) in [5.41, 5.74) is 5.10. The molecule has 0 radical (unpaired) electrons. The van der Waals surface area contributed by atoms with Crippen molar-refractivity contribution in [1.29, 1.82) is 0 Å². The van der Waals surface area contributed by atoms with Crippen molar-refractivity contribution in [3.05, 3.63) is 0 Å². The number of piperidine rings is 1. The van der Waals surface area contributed by atoms with Gasteiger partial charge in [-0.15, -0.1) is 0 Å². The molecule has 6 nitrogen and oxygen atoms in total. The summed E-state index contributed by atoms with van der Waals surface area (Å²) < 4.78 is 24.3. The van der Waals surface area contributed by atoms with E-state index in [9.17, 15) is 13.2 Å². The first-order valence-electron chi connectivity index (χ1n) is 4.40. The van der Waals surface area contributed by atoms with Crippen LogP contribution < -0.4 is 10.5 Å². The third kappa shape index (κ3) is 3.51. The minimum absolute atomic E-state index is 0.203. The van der Waals surface area contributed by atoms with E-state index in [1.54, 1.807) is 0 Å². The average Bonchev–Trinajstić information content (AvgIpc) is 2.01. The molecular weight excluding hydrogens is 206 g/mol. The second kappa shape index (κ2) is 4.14. The van der Waals surface area contributed by atoms with Crippen LogP contribution in [0.3, 0.4) is 0 Å². The molecule has 0 aromatic rings. The fourth-order valence-electron chi connectivity index (χ4n) is 1.58. The fraction of sp³-hybridized carbons (Fsp3) is 0.857. The maximum Gasteiger partial charge on any atom is 0.314 e. The van der Waals surface area contributed by atoms with Crippen molar-refractivity contribution < 1.29 is 13.2 Å². The highest BCUT2D eigenvalue weighted by Gasteiger charge is 2.23. The van der Waals surface area contributed by atoms with Gasteiger partial charge < -0.3 is 10.6 Å². The van der Waals surface area contributed by atoms with Gasteiger partial charge in [-0.05, 0) is 12.8 Å². The molecule has 3 N–H and O–H groups in total. The van der Waals surface area contributed by atoms with Crippen LogP contribution in [0.4, 0.5) is 4.79 Å². The molecule has 1 heterocycles. The lowest BCUT2D eigenvalue weighted by Gasteiger charge is -2.31. The van der Waals surface area contributed by atoms with Crippen LogP contribution in [-0.2, 0) is 10.0 Å². The summed E-state index contributed by atoms with van der Waals surface area (Å²) in [6, 6.07) is -0.698. The van der Waals surface area contributed by atoms with Crippen molar-refractivity contribution in [2.75, 3.05) is 19.3 Å². The van der Waals surface area contributed by atoms with Crippen molar-refractivity contribution >= 4 is 16.1 Å². The predicted octanol–water partition coefficient (Wildman–Crippen LogP) is -0.921. The summed E-state index contributed by atoms with van der Waals surface area (Å²) in [5, 5.41) is 0. The van der Waals surface area contributed by atoms with Crippen LogP contribution in [0.15, 0.2) is 0 Å². The normalized spacial score (nSPS) is 23.5. The Morgan fingerprint density at radius 1 is 1.57 bits per heavy atom. The van der Waals surface area contributed by atoms with Gasteiger partial charge in [0.2, 0.25) is 10.0 Å². The number of nitrogens with two attached hydrogens (primary N) is 1. The number of nitrogens with zero attached hydrogens (tertiary/aromatic N) is 1. The first kappa shape index (κ1) is 11.3. The number of carbonyl (C=O) groups excluding carboxylic acids is 1. The molecule has 7 heteroatoms. The number of rotatable bonds is 2. The lowest BCUT2D eigenvalue weighted by molar-refractivity contribution is 0.186. The molecule has 2 amide bonds. The largest absolute Gasteiger partial charge is 0.351 e. The first-order chi connectivity index (χ1) is 6.38. The van der Waals surface area contributed by atoms with E-state index in [-0.39, 0.29) is 6.04 Å². The topological polar surface area (TPSA) is 92.5 Å². The Bertz CT molecular complexity index is 314. The standard InChI is InChI=1S/C7H15N3O3S/c1-14(12,13)9-6-3-2-4-10(5-6)7(8)11/h6,9H,2-5H2,1H3,(H2,8,11). The number of likely N-dealkylation sites (tertiary alicyclic amines) is 1. The minimum Gasteiger partial charge on any atom is -0.351 e. The maximum absolute atomic E-state index is 10.9. The van der Waals surface area contributed by atoms with Crippen LogP contribution in [0, 0.1) is 0 Å². The van der Waals surface area contributed by atoms with Gasteiger partial charge in [0.25, 0.3) is 0 Å². The van der Waals surface area contributed by atoms with Gasteiger partial charge in [-0.3, -0.25) is 0 Å². The minimum atomic E-state index is -3.20. The molecule has 0 aromatic heterocycles. The number of hydrogen-bond acceptors (Lipinski definition) is 3. The van der Waals surface area contributed by atoms with Gasteiger partial charge in [-0.1, -0.05) is 0 Å². The summed E-state index contributed by atoms with van der Waals surface area (Å²) in [6.07, 6.45) is 2.63. The molecule has 0 bridgehead atoms. The Kier molecular flexibility index (Phi) is 3.33. The molecule has 0 saturated carbocycles. The molecule has 0 aromatic carbocycles. The molecule has 1 unspecified atom stereocenters. The Morgan fingerprint density at radius 2 is 2.21 bits per heavy atom. The second-order valence-electron chi connectivity index (χ2n) is 3.51.